The summed E-state index contributed by atoms with van der Waals surface area (Å²) in [4.78, 5) is 2.53. The first-order valence-electron chi connectivity index (χ1n) is 6.91. The topological polar surface area (TPSA) is 15.3 Å². The molecule has 2 rings (SSSR count). The van der Waals surface area contributed by atoms with Gasteiger partial charge in [0.1, 0.15) is 5.82 Å². The van der Waals surface area contributed by atoms with Gasteiger partial charge in [0.2, 0.25) is 0 Å². The molecule has 0 aromatic heterocycles. The average molecular weight is 250 g/mol. The highest BCUT2D eigenvalue weighted by Gasteiger charge is 2.24. The number of likely N-dealkylation sites (tertiary alicyclic amines) is 1. The SMILES string of the molecule is CCC(c1ccc(F)cc1)N1CCC(NC)CC1. The summed E-state index contributed by atoms with van der Waals surface area (Å²) < 4.78 is 13.0. The van der Waals surface area contributed by atoms with Crippen LogP contribution in [0.15, 0.2) is 24.3 Å². The van der Waals surface area contributed by atoms with Crippen LogP contribution in [0, 0.1) is 5.82 Å². The Morgan fingerprint density at radius 3 is 2.39 bits per heavy atom. The van der Waals surface area contributed by atoms with Crippen LogP contribution in [0.25, 0.3) is 0 Å². The molecule has 1 fully saturated rings. The van der Waals surface area contributed by atoms with Crippen molar-refractivity contribution < 1.29 is 4.39 Å². The van der Waals surface area contributed by atoms with Gasteiger partial charge in [-0.3, -0.25) is 4.90 Å². The van der Waals surface area contributed by atoms with Gasteiger partial charge >= 0.3 is 0 Å². The summed E-state index contributed by atoms with van der Waals surface area (Å²) in [5, 5.41) is 3.35. The fourth-order valence-corrected chi connectivity index (χ4v) is 2.89. The largest absolute Gasteiger partial charge is 0.317 e. The standard InChI is InChI=1S/C15H23FN2/c1-3-15(12-4-6-13(16)7-5-12)18-10-8-14(17-2)9-11-18/h4-7,14-15,17H,3,8-11H2,1-2H3. The lowest BCUT2D eigenvalue weighted by molar-refractivity contribution is 0.142. The van der Waals surface area contributed by atoms with Crippen molar-refractivity contribution in [3.8, 4) is 0 Å². The molecule has 1 aliphatic heterocycles. The monoisotopic (exact) mass is 250 g/mol. The zero-order valence-electron chi connectivity index (χ0n) is 11.3. The highest BCUT2D eigenvalue weighted by molar-refractivity contribution is 5.20. The van der Waals surface area contributed by atoms with Crippen molar-refractivity contribution in [2.75, 3.05) is 20.1 Å². The number of hydrogen-bond donors (Lipinski definition) is 1. The summed E-state index contributed by atoms with van der Waals surface area (Å²) in [5.41, 5.74) is 1.24. The number of rotatable bonds is 4. The van der Waals surface area contributed by atoms with E-state index in [0.29, 0.717) is 12.1 Å². The van der Waals surface area contributed by atoms with Crippen molar-refractivity contribution in [3.63, 3.8) is 0 Å². The quantitative estimate of drug-likeness (QED) is 0.884. The van der Waals surface area contributed by atoms with Gasteiger partial charge in [0.05, 0.1) is 0 Å². The van der Waals surface area contributed by atoms with Crippen LogP contribution in [0.3, 0.4) is 0 Å². The molecule has 1 aliphatic rings. The smallest absolute Gasteiger partial charge is 0.123 e. The molecule has 0 radical (unpaired) electrons. The second-order valence-electron chi connectivity index (χ2n) is 5.07. The van der Waals surface area contributed by atoms with Crippen LogP contribution in [-0.2, 0) is 0 Å². The lowest BCUT2D eigenvalue weighted by Gasteiger charge is -2.37. The summed E-state index contributed by atoms with van der Waals surface area (Å²) in [5.74, 6) is -0.150. The minimum absolute atomic E-state index is 0.150. The average Bonchev–Trinajstić information content (AvgIpc) is 2.42. The number of hydrogen-bond acceptors (Lipinski definition) is 2. The molecule has 1 atom stereocenters. The van der Waals surface area contributed by atoms with Crippen molar-refractivity contribution in [1.29, 1.82) is 0 Å². The third kappa shape index (κ3) is 3.09. The highest BCUT2D eigenvalue weighted by atomic mass is 19.1. The van der Waals surface area contributed by atoms with E-state index in [0.717, 1.165) is 19.5 Å². The Morgan fingerprint density at radius 1 is 1.28 bits per heavy atom. The summed E-state index contributed by atoms with van der Waals surface area (Å²) in [6.45, 7) is 4.46. The van der Waals surface area contributed by atoms with E-state index < -0.39 is 0 Å². The maximum absolute atomic E-state index is 13.0. The van der Waals surface area contributed by atoms with Gasteiger partial charge in [-0.1, -0.05) is 19.1 Å². The van der Waals surface area contributed by atoms with Crippen LogP contribution in [-0.4, -0.2) is 31.1 Å². The van der Waals surface area contributed by atoms with Crippen molar-refractivity contribution in [3.05, 3.63) is 35.6 Å². The molecule has 0 amide bonds. The fraction of sp³-hybridized carbons (Fsp3) is 0.600. The molecule has 1 aromatic rings. The zero-order chi connectivity index (χ0) is 13.0. The molecule has 1 N–H and O–H groups in total. The van der Waals surface area contributed by atoms with Crippen LogP contribution < -0.4 is 5.32 Å². The van der Waals surface area contributed by atoms with Gasteiger partial charge in [0.25, 0.3) is 0 Å². The molecule has 0 aliphatic carbocycles. The summed E-state index contributed by atoms with van der Waals surface area (Å²) in [6, 6.07) is 8.08. The van der Waals surface area contributed by atoms with Crippen molar-refractivity contribution in [1.82, 2.24) is 10.2 Å². The molecule has 0 spiro atoms. The molecule has 1 heterocycles. The van der Waals surface area contributed by atoms with E-state index in [-0.39, 0.29) is 5.82 Å². The fourth-order valence-electron chi connectivity index (χ4n) is 2.89. The second-order valence-corrected chi connectivity index (χ2v) is 5.07. The van der Waals surface area contributed by atoms with Gasteiger partial charge in [-0.05, 0) is 44.0 Å². The van der Waals surface area contributed by atoms with Gasteiger partial charge in [0.15, 0.2) is 0 Å². The molecule has 0 bridgehead atoms. The number of nitrogens with one attached hydrogen (secondary N) is 1. The van der Waals surface area contributed by atoms with Gasteiger partial charge in [0, 0.05) is 25.2 Å². The normalized spacial score (nSPS) is 19.9. The third-order valence-corrected chi connectivity index (χ3v) is 4.02. The first kappa shape index (κ1) is 13.5. The van der Waals surface area contributed by atoms with E-state index in [1.165, 1.54) is 18.4 Å². The van der Waals surface area contributed by atoms with E-state index in [9.17, 15) is 4.39 Å². The Morgan fingerprint density at radius 2 is 1.89 bits per heavy atom. The minimum atomic E-state index is -0.150. The first-order valence-corrected chi connectivity index (χ1v) is 6.91. The Hall–Kier alpha value is -0.930. The molecule has 1 aromatic carbocycles. The number of halogens is 1. The Labute approximate surface area is 109 Å². The van der Waals surface area contributed by atoms with E-state index in [1.807, 2.05) is 19.2 Å². The number of nitrogens with zero attached hydrogens (tertiary/aromatic N) is 1. The maximum atomic E-state index is 13.0. The van der Waals surface area contributed by atoms with E-state index in [2.05, 4.69) is 17.1 Å². The molecule has 18 heavy (non-hydrogen) atoms. The number of benzene rings is 1. The molecule has 100 valence electrons. The third-order valence-electron chi connectivity index (χ3n) is 4.02. The Bertz CT molecular complexity index is 355. The van der Waals surface area contributed by atoms with Crippen molar-refractivity contribution in [2.24, 2.45) is 0 Å². The predicted molar refractivity (Wildman–Crippen MR) is 73.1 cm³/mol. The lowest BCUT2D eigenvalue weighted by atomic mass is 9.98. The van der Waals surface area contributed by atoms with E-state index in [4.69, 9.17) is 0 Å². The Balaban J connectivity index is 2.03. The van der Waals surface area contributed by atoms with Gasteiger partial charge in [-0.15, -0.1) is 0 Å². The summed E-state index contributed by atoms with van der Waals surface area (Å²) in [7, 11) is 2.04. The minimum Gasteiger partial charge on any atom is -0.317 e. The number of piperidine rings is 1. The van der Waals surface area contributed by atoms with Crippen LogP contribution in [0.4, 0.5) is 4.39 Å². The van der Waals surface area contributed by atoms with Crippen LogP contribution >= 0.6 is 0 Å². The highest BCUT2D eigenvalue weighted by Crippen LogP contribution is 2.27. The van der Waals surface area contributed by atoms with Crippen molar-refractivity contribution in [2.45, 2.75) is 38.3 Å². The Kier molecular flexibility index (Phi) is 4.72. The predicted octanol–water partition coefficient (Wildman–Crippen LogP) is 2.96. The van der Waals surface area contributed by atoms with E-state index in [1.54, 1.807) is 12.1 Å². The summed E-state index contributed by atoms with van der Waals surface area (Å²) in [6.07, 6.45) is 3.48. The molecular weight excluding hydrogens is 227 g/mol. The lowest BCUT2D eigenvalue weighted by Crippen LogP contribution is -2.42. The molecule has 1 unspecified atom stereocenters. The van der Waals surface area contributed by atoms with Gasteiger partial charge in [-0.25, -0.2) is 4.39 Å². The molecule has 3 heteroatoms. The second kappa shape index (κ2) is 6.30. The van der Waals surface area contributed by atoms with Gasteiger partial charge in [-0.2, -0.15) is 0 Å². The molecule has 1 saturated heterocycles. The molecule has 0 saturated carbocycles. The maximum Gasteiger partial charge on any atom is 0.123 e. The summed E-state index contributed by atoms with van der Waals surface area (Å²) >= 11 is 0. The van der Waals surface area contributed by atoms with Crippen LogP contribution in [0.1, 0.15) is 37.8 Å². The van der Waals surface area contributed by atoms with E-state index >= 15 is 0 Å². The van der Waals surface area contributed by atoms with Gasteiger partial charge < -0.3 is 5.32 Å². The van der Waals surface area contributed by atoms with Crippen LogP contribution in [0.2, 0.25) is 0 Å². The molecule has 2 nitrogen and oxygen atoms in total. The zero-order valence-corrected chi connectivity index (χ0v) is 11.3. The van der Waals surface area contributed by atoms with Crippen molar-refractivity contribution >= 4 is 0 Å². The molecular formula is C15H23FN2. The first-order chi connectivity index (χ1) is 8.74. The van der Waals surface area contributed by atoms with Crippen LogP contribution in [0.5, 0.6) is 0 Å².